The predicted octanol–water partition coefficient (Wildman–Crippen LogP) is 5.72. The number of allylic oxidation sites excluding steroid dienone is 2. The summed E-state index contributed by atoms with van der Waals surface area (Å²) in [5.74, 6) is 0.320. The van der Waals surface area contributed by atoms with Gasteiger partial charge in [0.15, 0.2) is 0 Å². The van der Waals surface area contributed by atoms with Crippen LogP contribution in [-0.2, 0) is 10.4 Å². The molecule has 0 bridgehead atoms. The minimum absolute atomic E-state index is 0.151. The Bertz CT molecular complexity index is 490. The van der Waals surface area contributed by atoms with Gasteiger partial charge < -0.3 is 0 Å². The maximum Gasteiger partial charge on any atom is 0.0506 e. The monoisotopic (exact) mass is 364 g/mol. The Balaban J connectivity index is 0.000000273. The van der Waals surface area contributed by atoms with Crippen LogP contribution in [0.25, 0.3) is 0 Å². The van der Waals surface area contributed by atoms with E-state index in [1.165, 1.54) is 16.5 Å². The summed E-state index contributed by atoms with van der Waals surface area (Å²) in [4.78, 5) is 0. The van der Waals surface area contributed by atoms with Gasteiger partial charge >= 0.3 is 0 Å². The van der Waals surface area contributed by atoms with E-state index in [4.69, 9.17) is 0 Å². The van der Waals surface area contributed by atoms with E-state index in [0.717, 1.165) is 25.7 Å². The summed E-state index contributed by atoms with van der Waals surface area (Å²) in [7, 11) is 0. The average Bonchev–Trinajstić information content (AvgIpc) is 2.51. The third-order valence-corrected chi connectivity index (χ3v) is 6.20. The van der Waals surface area contributed by atoms with Gasteiger partial charge in [0.25, 0.3) is 0 Å². The summed E-state index contributed by atoms with van der Waals surface area (Å²) in [6, 6.07) is 0. The molecule has 0 N–H and O–H groups in total. The Morgan fingerprint density at radius 2 is 1.27 bits per heavy atom. The molecule has 2 fully saturated rings. The molecule has 26 heavy (non-hydrogen) atoms. The van der Waals surface area contributed by atoms with E-state index in [1.54, 1.807) is 6.08 Å². The molecule has 2 heterocycles. The highest BCUT2D eigenvalue weighted by atomic mass is 16.5. The van der Waals surface area contributed by atoms with E-state index < -0.39 is 0 Å². The van der Waals surface area contributed by atoms with E-state index in [-0.39, 0.29) is 22.2 Å². The summed E-state index contributed by atoms with van der Waals surface area (Å²) < 4.78 is 0. The maximum atomic E-state index is 12.2. The van der Waals surface area contributed by atoms with Gasteiger partial charge in [0.05, 0.1) is 5.54 Å². The van der Waals surface area contributed by atoms with E-state index in [2.05, 4.69) is 12.7 Å². The largest absolute Gasteiger partial charge is 0.144 e. The Morgan fingerprint density at radius 3 is 1.69 bits per heavy atom. The molecular weight excluding hydrogens is 324 g/mol. The van der Waals surface area contributed by atoms with Crippen molar-refractivity contribution in [2.45, 2.75) is 110 Å². The minimum Gasteiger partial charge on any atom is -0.144 e. The lowest BCUT2D eigenvalue weighted by Crippen LogP contribution is -2.59. The second-order valence-corrected chi connectivity index (χ2v) is 10.3. The normalized spacial score (nSPS) is 30.5. The lowest BCUT2D eigenvalue weighted by Gasteiger charge is -2.50. The molecule has 4 nitrogen and oxygen atoms in total. The highest BCUT2D eigenvalue weighted by Gasteiger charge is 2.46. The molecule has 2 aliphatic rings. The first-order valence-corrected chi connectivity index (χ1v) is 9.93. The van der Waals surface area contributed by atoms with Crippen molar-refractivity contribution in [2.24, 2.45) is 5.92 Å². The molecule has 1 atom stereocenters. The highest BCUT2D eigenvalue weighted by molar-refractivity contribution is 5.09. The van der Waals surface area contributed by atoms with Crippen LogP contribution >= 0.6 is 0 Å². The standard InChI is InChI=1S/C13H22NO.C9H18NO/c1-6-7-8-11-9-10-12(2,3)14(15)13(11,4)5;1-8(2)6-5-7-9(3,4)10(8)11/h6-8,11H,1,9-10H2,2-5H3;5-7H2,1-4H3. The number of piperidine rings is 2. The molecule has 1 unspecified atom stereocenters. The molecule has 2 rings (SSSR count). The van der Waals surface area contributed by atoms with Crippen LogP contribution in [0.5, 0.6) is 0 Å². The Hall–Kier alpha value is -0.680. The van der Waals surface area contributed by atoms with Crippen LogP contribution in [0.1, 0.15) is 87.5 Å². The molecule has 2 saturated heterocycles. The first kappa shape index (κ1) is 23.4. The van der Waals surface area contributed by atoms with Crippen molar-refractivity contribution in [3.05, 3.63) is 24.8 Å². The molecule has 2 aliphatic heterocycles. The molecule has 0 spiro atoms. The summed E-state index contributed by atoms with van der Waals surface area (Å²) in [6.07, 6.45) is 11.1. The Morgan fingerprint density at radius 1 is 0.808 bits per heavy atom. The van der Waals surface area contributed by atoms with Gasteiger partial charge in [0.1, 0.15) is 0 Å². The van der Waals surface area contributed by atoms with Crippen molar-refractivity contribution >= 4 is 0 Å². The SMILES string of the molecule is C=CC=CC1CCC(C)(C)N([O])C1(C)C.CC1(C)CCCC(C)(C)N1[O]. The number of nitrogens with zero attached hydrogens (tertiary/aromatic N) is 2. The summed E-state index contributed by atoms with van der Waals surface area (Å²) in [5.41, 5.74) is -0.854. The molecule has 4 heteroatoms. The van der Waals surface area contributed by atoms with Crippen LogP contribution in [0, 0.1) is 5.92 Å². The average molecular weight is 365 g/mol. The van der Waals surface area contributed by atoms with Gasteiger partial charge in [0.2, 0.25) is 0 Å². The molecule has 0 aromatic carbocycles. The summed E-state index contributed by atoms with van der Waals surface area (Å²) in [6.45, 7) is 19.9. The zero-order valence-corrected chi connectivity index (χ0v) is 18.3. The number of hydrogen-bond acceptors (Lipinski definition) is 2. The van der Waals surface area contributed by atoms with E-state index in [9.17, 15) is 10.4 Å². The summed E-state index contributed by atoms with van der Waals surface area (Å²) >= 11 is 0. The molecule has 0 amide bonds. The Kier molecular flexibility index (Phi) is 7.31. The molecule has 0 aromatic heterocycles. The van der Waals surface area contributed by atoms with Crippen molar-refractivity contribution in [2.75, 3.05) is 0 Å². The fraction of sp³-hybridized carbons (Fsp3) is 0.818. The molecule has 2 radical (unpaired) electrons. The quantitative estimate of drug-likeness (QED) is 0.588. The van der Waals surface area contributed by atoms with Crippen molar-refractivity contribution in [1.82, 2.24) is 10.1 Å². The van der Waals surface area contributed by atoms with E-state index in [0.29, 0.717) is 5.92 Å². The lowest BCUT2D eigenvalue weighted by atomic mass is 9.74. The van der Waals surface area contributed by atoms with Crippen LogP contribution in [0.15, 0.2) is 24.8 Å². The van der Waals surface area contributed by atoms with Gasteiger partial charge in [-0.05, 0) is 93.4 Å². The fourth-order valence-electron chi connectivity index (χ4n) is 4.41. The van der Waals surface area contributed by atoms with Gasteiger partial charge in [-0.2, -0.15) is 0 Å². The van der Waals surface area contributed by atoms with E-state index in [1.807, 2.05) is 61.5 Å². The number of hydroxylamine groups is 4. The first-order valence-electron chi connectivity index (χ1n) is 9.93. The van der Waals surface area contributed by atoms with Crippen LogP contribution in [0.4, 0.5) is 0 Å². The second-order valence-electron chi connectivity index (χ2n) is 10.3. The van der Waals surface area contributed by atoms with Gasteiger partial charge in [-0.1, -0.05) is 24.8 Å². The van der Waals surface area contributed by atoms with Crippen LogP contribution in [0.3, 0.4) is 0 Å². The van der Waals surface area contributed by atoms with Crippen LogP contribution < -0.4 is 0 Å². The molecular formula is C22H40N2O2. The molecule has 0 aliphatic carbocycles. The zero-order chi connectivity index (χ0) is 20.4. The third-order valence-electron chi connectivity index (χ3n) is 6.20. The zero-order valence-electron chi connectivity index (χ0n) is 18.3. The van der Waals surface area contributed by atoms with Crippen molar-refractivity contribution in [1.29, 1.82) is 0 Å². The Labute approximate surface area is 161 Å². The first-order chi connectivity index (χ1) is 11.7. The van der Waals surface area contributed by atoms with Gasteiger partial charge in [-0.3, -0.25) is 0 Å². The fourth-order valence-corrected chi connectivity index (χ4v) is 4.41. The maximum absolute atomic E-state index is 12.2. The molecule has 0 aromatic rings. The van der Waals surface area contributed by atoms with E-state index >= 15 is 0 Å². The number of hydrogen-bond donors (Lipinski definition) is 0. The van der Waals surface area contributed by atoms with Crippen LogP contribution in [0.2, 0.25) is 0 Å². The van der Waals surface area contributed by atoms with Gasteiger partial charge in [-0.15, -0.1) is 20.5 Å². The van der Waals surface area contributed by atoms with Crippen molar-refractivity contribution in [3.63, 3.8) is 0 Å². The van der Waals surface area contributed by atoms with Crippen molar-refractivity contribution in [3.8, 4) is 0 Å². The van der Waals surface area contributed by atoms with Gasteiger partial charge in [0, 0.05) is 16.6 Å². The third kappa shape index (κ3) is 5.19. The lowest BCUT2D eigenvalue weighted by molar-refractivity contribution is -0.296. The topological polar surface area (TPSA) is 46.3 Å². The number of rotatable bonds is 2. The molecule has 0 saturated carbocycles. The predicted molar refractivity (Wildman–Crippen MR) is 107 cm³/mol. The molecule has 150 valence electrons. The highest BCUT2D eigenvalue weighted by Crippen LogP contribution is 2.41. The summed E-state index contributed by atoms with van der Waals surface area (Å²) in [5, 5.41) is 26.4. The minimum atomic E-state index is -0.318. The smallest absolute Gasteiger partial charge is 0.0506 e. The van der Waals surface area contributed by atoms with Gasteiger partial charge in [-0.25, -0.2) is 0 Å². The van der Waals surface area contributed by atoms with Crippen molar-refractivity contribution < 1.29 is 10.4 Å². The van der Waals surface area contributed by atoms with Crippen LogP contribution in [-0.4, -0.2) is 32.3 Å². The second kappa shape index (κ2) is 8.14.